The third-order valence-electron chi connectivity index (χ3n) is 4.70. The van der Waals surface area contributed by atoms with Crippen molar-refractivity contribution in [3.05, 3.63) is 77.4 Å². The van der Waals surface area contributed by atoms with Gasteiger partial charge in [-0.05, 0) is 56.0 Å². The van der Waals surface area contributed by atoms with Gasteiger partial charge < -0.3 is 5.32 Å². The number of hydrogen-bond donors (Lipinski definition) is 1. The third kappa shape index (κ3) is 2.93. The molecule has 126 valence electrons. The summed E-state index contributed by atoms with van der Waals surface area (Å²) in [6.07, 6.45) is 6.42. The van der Waals surface area contributed by atoms with Crippen molar-refractivity contribution >= 4 is 5.91 Å². The van der Waals surface area contributed by atoms with E-state index >= 15 is 0 Å². The summed E-state index contributed by atoms with van der Waals surface area (Å²) < 4.78 is 1.92. The smallest absolute Gasteiger partial charge is 0.272 e. The van der Waals surface area contributed by atoms with E-state index in [1.807, 2.05) is 54.1 Å². The standard InChI is InChI=1S/C20H20N4O/c1-14(15-10-12-21-13-11-15)22-20(25)19-17-8-5-9-18(17)24(23-19)16-6-3-2-4-7-16/h2-4,6-7,10-14H,5,8-9H2,1H3,(H,22,25)/t14-/m1/s1. The minimum atomic E-state index is -0.114. The molecule has 1 N–H and O–H groups in total. The molecule has 25 heavy (non-hydrogen) atoms. The number of nitrogens with zero attached hydrogens (tertiary/aromatic N) is 3. The Balaban J connectivity index is 1.64. The van der Waals surface area contributed by atoms with Crippen LogP contribution in [0, 0.1) is 0 Å². The number of carbonyl (C=O) groups is 1. The Bertz CT molecular complexity index is 887. The summed E-state index contributed by atoms with van der Waals surface area (Å²) in [6, 6.07) is 13.7. The van der Waals surface area contributed by atoms with Gasteiger partial charge in [0.15, 0.2) is 5.69 Å². The maximum absolute atomic E-state index is 12.8. The molecule has 1 atom stereocenters. The molecule has 1 amide bonds. The minimum Gasteiger partial charge on any atom is -0.344 e. The van der Waals surface area contributed by atoms with Crippen LogP contribution in [0.5, 0.6) is 0 Å². The molecule has 1 aliphatic rings. The summed E-state index contributed by atoms with van der Waals surface area (Å²) in [7, 11) is 0. The number of carbonyl (C=O) groups excluding carboxylic acids is 1. The van der Waals surface area contributed by atoms with Gasteiger partial charge in [-0.15, -0.1) is 0 Å². The van der Waals surface area contributed by atoms with Gasteiger partial charge in [0.25, 0.3) is 5.91 Å². The molecular weight excluding hydrogens is 312 g/mol. The lowest BCUT2D eigenvalue weighted by atomic mass is 10.1. The van der Waals surface area contributed by atoms with Crippen LogP contribution in [-0.2, 0) is 12.8 Å². The Kier molecular flexibility index (Phi) is 4.06. The lowest BCUT2D eigenvalue weighted by Crippen LogP contribution is -2.28. The second kappa shape index (κ2) is 6.51. The number of aromatic nitrogens is 3. The first-order valence-electron chi connectivity index (χ1n) is 8.61. The van der Waals surface area contributed by atoms with Crippen molar-refractivity contribution in [3.8, 4) is 5.69 Å². The van der Waals surface area contributed by atoms with Gasteiger partial charge in [-0.2, -0.15) is 5.10 Å². The van der Waals surface area contributed by atoms with E-state index in [-0.39, 0.29) is 11.9 Å². The number of rotatable bonds is 4. The highest BCUT2D eigenvalue weighted by molar-refractivity contribution is 5.94. The van der Waals surface area contributed by atoms with Crippen LogP contribution < -0.4 is 5.32 Å². The van der Waals surface area contributed by atoms with Gasteiger partial charge in [0.2, 0.25) is 0 Å². The van der Waals surface area contributed by atoms with Crippen LogP contribution in [0.2, 0.25) is 0 Å². The van der Waals surface area contributed by atoms with Gasteiger partial charge >= 0.3 is 0 Å². The number of amides is 1. The fourth-order valence-corrected chi connectivity index (χ4v) is 3.40. The number of pyridine rings is 1. The molecular formula is C20H20N4O. The van der Waals surface area contributed by atoms with Gasteiger partial charge in [0.05, 0.1) is 11.7 Å². The molecule has 4 rings (SSSR count). The molecule has 0 bridgehead atoms. The van der Waals surface area contributed by atoms with Crippen molar-refractivity contribution in [2.45, 2.75) is 32.2 Å². The van der Waals surface area contributed by atoms with Gasteiger partial charge in [0.1, 0.15) is 0 Å². The number of para-hydroxylation sites is 1. The Morgan fingerprint density at radius 2 is 1.88 bits per heavy atom. The molecule has 3 aromatic rings. The highest BCUT2D eigenvalue weighted by Crippen LogP contribution is 2.28. The molecule has 5 heteroatoms. The monoisotopic (exact) mass is 332 g/mol. The van der Waals surface area contributed by atoms with Crippen molar-refractivity contribution in [1.29, 1.82) is 0 Å². The Hall–Kier alpha value is -2.95. The second-order valence-electron chi connectivity index (χ2n) is 6.35. The van der Waals surface area contributed by atoms with Crippen LogP contribution in [0.3, 0.4) is 0 Å². The van der Waals surface area contributed by atoms with E-state index in [1.54, 1.807) is 12.4 Å². The first-order chi connectivity index (χ1) is 12.2. The van der Waals surface area contributed by atoms with Crippen molar-refractivity contribution < 1.29 is 4.79 Å². The third-order valence-corrected chi connectivity index (χ3v) is 4.70. The molecule has 1 aromatic carbocycles. The minimum absolute atomic E-state index is 0.0885. The molecule has 0 aliphatic heterocycles. The summed E-state index contributed by atoms with van der Waals surface area (Å²) >= 11 is 0. The van der Waals surface area contributed by atoms with Crippen molar-refractivity contribution in [1.82, 2.24) is 20.1 Å². The Morgan fingerprint density at radius 3 is 2.64 bits per heavy atom. The van der Waals surface area contributed by atoms with Crippen LogP contribution in [0.1, 0.15) is 46.7 Å². The molecule has 2 heterocycles. The van der Waals surface area contributed by atoms with Gasteiger partial charge in [0, 0.05) is 23.7 Å². The molecule has 0 spiro atoms. The van der Waals surface area contributed by atoms with E-state index in [4.69, 9.17) is 0 Å². The van der Waals surface area contributed by atoms with Gasteiger partial charge in [-0.3, -0.25) is 9.78 Å². The molecule has 0 radical (unpaired) electrons. The molecule has 0 saturated carbocycles. The maximum atomic E-state index is 12.8. The van der Waals surface area contributed by atoms with Crippen molar-refractivity contribution in [2.24, 2.45) is 0 Å². The van der Waals surface area contributed by atoms with Crippen LogP contribution in [0.4, 0.5) is 0 Å². The number of benzene rings is 1. The van der Waals surface area contributed by atoms with Crippen LogP contribution in [0.25, 0.3) is 5.69 Å². The molecule has 0 unspecified atom stereocenters. The number of fused-ring (bicyclic) bond motifs is 1. The summed E-state index contributed by atoms with van der Waals surface area (Å²) in [6.45, 7) is 1.97. The molecule has 2 aromatic heterocycles. The van der Waals surface area contributed by atoms with E-state index in [0.717, 1.165) is 41.8 Å². The van der Waals surface area contributed by atoms with Gasteiger partial charge in [-0.1, -0.05) is 18.2 Å². The number of nitrogens with one attached hydrogen (secondary N) is 1. The zero-order valence-electron chi connectivity index (χ0n) is 14.1. The fourth-order valence-electron chi connectivity index (χ4n) is 3.40. The predicted octanol–water partition coefficient (Wildman–Crippen LogP) is 3.25. The fraction of sp³-hybridized carbons (Fsp3) is 0.250. The average molecular weight is 332 g/mol. The topological polar surface area (TPSA) is 59.8 Å². The van der Waals surface area contributed by atoms with Crippen molar-refractivity contribution in [2.75, 3.05) is 0 Å². The number of hydrogen-bond acceptors (Lipinski definition) is 3. The Morgan fingerprint density at radius 1 is 1.12 bits per heavy atom. The summed E-state index contributed by atoms with van der Waals surface area (Å²) in [4.78, 5) is 16.9. The first kappa shape index (κ1) is 15.6. The van der Waals surface area contributed by atoms with Crippen LogP contribution in [0.15, 0.2) is 54.9 Å². The lowest BCUT2D eigenvalue weighted by molar-refractivity contribution is 0.0933. The maximum Gasteiger partial charge on any atom is 0.272 e. The van der Waals surface area contributed by atoms with Crippen LogP contribution in [-0.4, -0.2) is 20.7 Å². The zero-order valence-corrected chi connectivity index (χ0v) is 14.1. The molecule has 5 nitrogen and oxygen atoms in total. The van der Waals surface area contributed by atoms with Crippen LogP contribution >= 0.6 is 0 Å². The molecule has 1 aliphatic carbocycles. The summed E-state index contributed by atoms with van der Waals surface area (Å²) in [5.41, 5.74) is 4.83. The van der Waals surface area contributed by atoms with E-state index in [9.17, 15) is 4.79 Å². The Labute approximate surface area is 146 Å². The zero-order chi connectivity index (χ0) is 17.2. The second-order valence-corrected chi connectivity index (χ2v) is 6.35. The van der Waals surface area contributed by atoms with E-state index in [1.165, 1.54) is 0 Å². The quantitative estimate of drug-likeness (QED) is 0.798. The van der Waals surface area contributed by atoms with E-state index in [0.29, 0.717) is 5.69 Å². The van der Waals surface area contributed by atoms with Crippen molar-refractivity contribution in [3.63, 3.8) is 0 Å². The lowest BCUT2D eigenvalue weighted by Gasteiger charge is -2.13. The average Bonchev–Trinajstić information content (AvgIpc) is 3.25. The largest absolute Gasteiger partial charge is 0.344 e. The first-order valence-corrected chi connectivity index (χ1v) is 8.61. The highest BCUT2D eigenvalue weighted by Gasteiger charge is 2.27. The molecule has 0 fully saturated rings. The molecule has 0 saturated heterocycles. The van der Waals surface area contributed by atoms with E-state index < -0.39 is 0 Å². The predicted molar refractivity (Wildman–Crippen MR) is 95.7 cm³/mol. The normalized spacial score (nSPS) is 14.1. The van der Waals surface area contributed by atoms with Gasteiger partial charge in [-0.25, -0.2) is 4.68 Å². The SMILES string of the molecule is C[C@@H](NC(=O)c1nn(-c2ccccc2)c2c1CCC2)c1ccncc1. The highest BCUT2D eigenvalue weighted by atomic mass is 16.2. The van der Waals surface area contributed by atoms with E-state index in [2.05, 4.69) is 15.4 Å². The summed E-state index contributed by atoms with van der Waals surface area (Å²) in [5, 5.41) is 7.71. The summed E-state index contributed by atoms with van der Waals surface area (Å²) in [5.74, 6) is -0.114.